The number of nitrogens with one attached hydrogen (secondary N) is 1. The first-order chi connectivity index (χ1) is 12.8. The van der Waals surface area contributed by atoms with Crippen LogP contribution in [-0.2, 0) is 10.0 Å². The highest BCUT2D eigenvalue weighted by atomic mass is 32.2. The molecule has 27 heavy (non-hydrogen) atoms. The topological polar surface area (TPSA) is 73.0 Å². The van der Waals surface area contributed by atoms with Gasteiger partial charge in [-0.05, 0) is 44.4 Å². The van der Waals surface area contributed by atoms with Gasteiger partial charge in [-0.1, -0.05) is 0 Å². The van der Waals surface area contributed by atoms with Crippen LogP contribution in [0.15, 0.2) is 23.1 Å². The minimum Gasteiger partial charge on any atom is -0.371 e. The largest absolute Gasteiger partial charge is 0.371 e. The van der Waals surface area contributed by atoms with Crippen molar-refractivity contribution in [3.63, 3.8) is 0 Å². The highest BCUT2D eigenvalue weighted by molar-refractivity contribution is 7.89. The number of hydrogen-bond donors (Lipinski definition) is 1. The van der Waals surface area contributed by atoms with Gasteiger partial charge in [0.05, 0.1) is 10.5 Å². The average Bonchev–Trinajstić information content (AvgIpc) is 2.67. The van der Waals surface area contributed by atoms with Crippen molar-refractivity contribution in [2.75, 3.05) is 51.7 Å². The summed E-state index contributed by atoms with van der Waals surface area (Å²) in [6.07, 6.45) is 3.38. The Morgan fingerprint density at radius 1 is 1.15 bits per heavy atom. The molecular formula is C19H30N4O3S. The molecule has 2 aliphatic rings. The molecule has 2 saturated heterocycles. The molecule has 0 bridgehead atoms. The molecule has 1 unspecified atom stereocenters. The van der Waals surface area contributed by atoms with Crippen LogP contribution in [0.2, 0.25) is 0 Å². The lowest BCUT2D eigenvalue weighted by Crippen LogP contribution is -2.51. The molecule has 1 amide bonds. The van der Waals surface area contributed by atoms with Gasteiger partial charge in [0.1, 0.15) is 0 Å². The van der Waals surface area contributed by atoms with E-state index in [0.717, 1.165) is 38.2 Å². The van der Waals surface area contributed by atoms with E-state index in [4.69, 9.17) is 0 Å². The van der Waals surface area contributed by atoms with E-state index in [-0.39, 0.29) is 16.8 Å². The number of carbonyl (C=O) groups is 1. The Balaban J connectivity index is 2.02. The Morgan fingerprint density at radius 2 is 1.85 bits per heavy atom. The maximum Gasteiger partial charge on any atom is 0.256 e. The molecule has 2 aliphatic heterocycles. The Hall–Kier alpha value is -1.64. The molecule has 3 rings (SSSR count). The Morgan fingerprint density at radius 3 is 2.48 bits per heavy atom. The van der Waals surface area contributed by atoms with Gasteiger partial charge >= 0.3 is 0 Å². The molecule has 0 aliphatic carbocycles. The van der Waals surface area contributed by atoms with Gasteiger partial charge in [0.25, 0.3) is 5.91 Å². The molecule has 2 fully saturated rings. The first kappa shape index (κ1) is 20.1. The summed E-state index contributed by atoms with van der Waals surface area (Å²) in [7, 11) is -0.576. The maximum absolute atomic E-state index is 13.3. The van der Waals surface area contributed by atoms with Crippen LogP contribution in [0, 0.1) is 0 Å². The summed E-state index contributed by atoms with van der Waals surface area (Å²) in [5.74, 6) is -0.0836. The number of benzene rings is 1. The summed E-state index contributed by atoms with van der Waals surface area (Å²) in [5.41, 5.74) is 1.34. The van der Waals surface area contributed by atoms with Gasteiger partial charge in [-0.3, -0.25) is 4.79 Å². The van der Waals surface area contributed by atoms with E-state index >= 15 is 0 Å². The molecule has 2 heterocycles. The summed E-state index contributed by atoms with van der Waals surface area (Å²) in [4.78, 5) is 17.5. The quantitative estimate of drug-likeness (QED) is 0.835. The lowest BCUT2D eigenvalue weighted by Gasteiger charge is -2.35. The van der Waals surface area contributed by atoms with Crippen molar-refractivity contribution in [2.45, 2.75) is 37.1 Å². The summed E-state index contributed by atoms with van der Waals surface area (Å²) in [6, 6.07) is 5.22. The molecule has 0 aromatic heterocycles. The first-order valence-electron chi connectivity index (χ1n) is 9.65. The molecule has 150 valence electrons. The summed E-state index contributed by atoms with van der Waals surface area (Å²) >= 11 is 0. The van der Waals surface area contributed by atoms with E-state index < -0.39 is 10.0 Å². The number of sulfonamides is 1. The van der Waals surface area contributed by atoms with Crippen LogP contribution < -0.4 is 10.2 Å². The van der Waals surface area contributed by atoms with E-state index in [0.29, 0.717) is 18.7 Å². The van der Waals surface area contributed by atoms with Gasteiger partial charge in [-0.25, -0.2) is 12.7 Å². The minimum absolute atomic E-state index is 0.0836. The fraction of sp³-hybridized carbons (Fsp3) is 0.632. The number of rotatable bonds is 4. The van der Waals surface area contributed by atoms with Crippen LogP contribution in [0.1, 0.15) is 36.5 Å². The summed E-state index contributed by atoms with van der Waals surface area (Å²) < 4.78 is 26.4. The average molecular weight is 395 g/mol. The first-order valence-corrected chi connectivity index (χ1v) is 11.1. The number of piperidine rings is 1. The predicted molar refractivity (Wildman–Crippen MR) is 107 cm³/mol. The van der Waals surface area contributed by atoms with Crippen molar-refractivity contribution in [3.8, 4) is 0 Å². The van der Waals surface area contributed by atoms with Crippen molar-refractivity contribution < 1.29 is 13.2 Å². The number of amides is 1. The fourth-order valence-corrected chi connectivity index (χ4v) is 4.68. The molecule has 0 spiro atoms. The van der Waals surface area contributed by atoms with Gasteiger partial charge in [-0.2, -0.15) is 0 Å². The van der Waals surface area contributed by atoms with Crippen molar-refractivity contribution in [3.05, 3.63) is 23.8 Å². The fourth-order valence-electron chi connectivity index (χ4n) is 3.76. The number of nitrogens with zero attached hydrogens (tertiary/aromatic N) is 3. The molecule has 0 saturated carbocycles. The summed E-state index contributed by atoms with van der Waals surface area (Å²) in [5, 5.41) is 3.34. The number of hydrogen-bond acceptors (Lipinski definition) is 5. The van der Waals surface area contributed by atoms with Crippen molar-refractivity contribution in [1.29, 1.82) is 0 Å². The van der Waals surface area contributed by atoms with Crippen molar-refractivity contribution in [2.24, 2.45) is 0 Å². The van der Waals surface area contributed by atoms with Crippen LogP contribution in [-0.4, -0.2) is 76.4 Å². The molecule has 1 N–H and O–H groups in total. The number of piperazine rings is 1. The van der Waals surface area contributed by atoms with Gasteiger partial charge < -0.3 is 15.1 Å². The van der Waals surface area contributed by atoms with E-state index in [1.165, 1.54) is 24.8 Å². The van der Waals surface area contributed by atoms with Crippen LogP contribution in [0.25, 0.3) is 0 Å². The van der Waals surface area contributed by atoms with Crippen molar-refractivity contribution in [1.82, 2.24) is 14.5 Å². The van der Waals surface area contributed by atoms with Crippen molar-refractivity contribution >= 4 is 21.6 Å². The van der Waals surface area contributed by atoms with Crippen LogP contribution in [0.5, 0.6) is 0 Å². The molecule has 8 heteroatoms. The second-order valence-corrected chi connectivity index (χ2v) is 9.77. The highest BCUT2D eigenvalue weighted by Crippen LogP contribution is 2.29. The Bertz CT molecular complexity index is 788. The van der Waals surface area contributed by atoms with Gasteiger partial charge in [0.2, 0.25) is 10.0 Å². The highest BCUT2D eigenvalue weighted by Gasteiger charge is 2.28. The third kappa shape index (κ3) is 4.28. The Labute approximate surface area is 162 Å². The van der Waals surface area contributed by atoms with E-state index in [2.05, 4.69) is 17.1 Å². The predicted octanol–water partition coefficient (Wildman–Crippen LogP) is 1.36. The number of anilines is 1. The lowest BCUT2D eigenvalue weighted by molar-refractivity contribution is 0.0709. The standard InChI is InChI=1S/C19H30N4O3S/c1-15-14-23(12-9-20-15)19(24)17-13-16(27(25,26)21(2)3)7-8-18(17)22-10-5-4-6-11-22/h7-8,13,15,20H,4-6,9-12,14H2,1-3H3. The third-order valence-electron chi connectivity index (χ3n) is 5.33. The van der Waals surface area contributed by atoms with Gasteiger partial charge in [-0.15, -0.1) is 0 Å². The van der Waals surface area contributed by atoms with Crippen LogP contribution >= 0.6 is 0 Å². The van der Waals surface area contributed by atoms with Crippen LogP contribution in [0.4, 0.5) is 5.69 Å². The monoisotopic (exact) mass is 394 g/mol. The third-order valence-corrected chi connectivity index (χ3v) is 7.14. The minimum atomic E-state index is -3.59. The second-order valence-electron chi connectivity index (χ2n) is 7.62. The molecule has 1 aromatic rings. The molecule has 1 atom stereocenters. The zero-order valence-corrected chi connectivity index (χ0v) is 17.3. The molecule has 0 radical (unpaired) electrons. The van der Waals surface area contributed by atoms with Gasteiger partial charge in [0.15, 0.2) is 0 Å². The van der Waals surface area contributed by atoms with E-state index in [1.54, 1.807) is 18.2 Å². The summed E-state index contributed by atoms with van der Waals surface area (Å²) in [6.45, 7) is 5.87. The smallest absolute Gasteiger partial charge is 0.256 e. The zero-order chi connectivity index (χ0) is 19.6. The zero-order valence-electron chi connectivity index (χ0n) is 16.4. The van der Waals surface area contributed by atoms with Crippen LogP contribution in [0.3, 0.4) is 0 Å². The molecular weight excluding hydrogens is 364 g/mol. The lowest BCUT2D eigenvalue weighted by atomic mass is 10.1. The van der Waals surface area contributed by atoms with E-state index in [1.807, 2.05) is 4.90 Å². The second kappa shape index (κ2) is 8.16. The molecule has 1 aromatic carbocycles. The van der Waals surface area contributed by atoms with E-state index in [9.17, 15) is 13.2 Å². The molecule has 7 nitrogen and oxygen atoms in total. The normalized spacial score (nSPS) is 21.6. The SMILES string of the molecule is CC1CN(C(=O)c2cc(S(=O)(=O)N(C)C)ccc2N2CCCCC2)CCN1. The number of carbonyl (C=O) groups excluding carboxylic acids is 1. The maximum atomic E-state index is 13.3. The van der Waals surface area contributed by atoms with Gasteiger partial charge in [0, 0.05) is 58.5 Å². The Kier molecular flexibility index (Phi) is 6.08.